The highest BCUT2D eigenvalue weighted by Gasteiger charge is 2.28. The van der Waals surface area contributed by atoms with Crippen molar-refractivity contribution in [3.63, 3.8) is 0 Å². The van der Waals surface area contributed by atoms with Gasteiger partial charge in [-0.2, -0.15) is 11.8 Å². The van der Waals surface area contributed by atoms with E-state index >= 15 is 0 Å². The van der Waals surface area contributed by atoms with Gasteiger partial charge in [-0.15, -0.1) is 0 Å². The van der Waals surface area contributed by atoms with Gasteiger partial charge in [0, 0.05) is 31.6 Å². The molecule has 0 radical (unpaired) electrons. The maximum atomic E-state index is 13.2. The van der Waals surface area contributed by atoms with Crippen LogP contribution in [0.3, 0.4) is 0 Å². The molecule has 28 heavy (non-hydrogen) atoms. The summed E-state index contributed by atoms with van der Waals surface area (Å²) in [5, 5.41) is 18.9. The molecule has 0 bridgehead atoms. The van der Waals surface area contributed by atoms with Gasteiger partial charge in [0.2, 0.25) is 5.91 Å². The van der Waals surface area contributed by atoms with E-state index in [1.807, 2.05) is 11.0 Å². The van der Waals surface area contributed by atoms with Gasteiger partial charge in [-0.25, -0.2) is 4.39 Å². The summed E-state index contributed by atoms with van der Waals surface area (Å²) < 4.78 is 13.2. The number of carboxylic acid groups (broad SMARTS) is 1. The lowest BCUT2D eigenvalue weighted by Crippen LogP contribution is -2.34. The third-order valence-corrected chi connectivity index (χ3v) is 5.85. The van der Waals surface area contributed by atoms with Gasteiger partial charge in [-0.3, -0.25) is 9.59 Å². The number of carboxylic acids is 1. The van der Waals surface area contributed by atoms with Crippen molar-refractivity contribution in [2.45, 2.75) is 44.2 Å². The Bertz CT molecular complexity index is 715. The van der Waals surface area contributed by atoms with Crippen molar-refractivity contribution < 1.29 is 24.2 Å². The number of carbonyl (C=O) groups is 2. The van der Waals surface area contributed by atoms with E-state index in [-0.39, 0.29) is 23.4 Å². The van der Waals surface area contributed by atoms with E-state index in [0.29, 0.717) is 32.2 Å². The SMILES string of the molecule is O=C(O)CCCSCCN1C(=O)CC[C@@H]1C=C[C@@H](O)Cc1ccc(F)c(Cl)c1. The Kier molecular flexibility index (Phi) is 9.28. The summed E-state index contributed by atoms with van der Waals surface area (Å²) in [4.78, 5) is 24.4. The number of rotatable bonds is 11. The van der Waals surface area contributed by atoms with E-state index in [2.05, 4.69) is 0 Å². The molecule has 0 unspecified atom stereocenters. The second-order valence-electron chi connectivity index (χ2n) is 6.71. The largest absolute Gasteiger partial charge is 0.481 e. The zero-order valence-electron chi connectivity index (χ0n) is 15.5. The molecule has 1 aromatic carbocycles. The van der Waals surface area contributed by atoms with E-state index in [0.717, 1.165) is 17.1 Å². The first kappa shape index (κ1) is 22.7. The second-order valence-corrected chi connectivity index (χ2v) is 8.34. The number of aliphatic hydroxyl groups is 1. The van der Waals surface area contributed by atoms with E-state index in [4.69, 9.17) is 16.7 Å². The van der Waals surface area contributed by atoms with E-state index in [9.17, 15) is 19.1 Å². The van der Waals surface area contributed by atoms with Crippen LogP contribution in [0.4, 0.5) is 4.39 Å². The molecule has 1 fully saturated rings. The Balaban J connectivity index is 1.79. The summed E-state index contributed by atoms with van der Waals surface area (Å²) in [5.41, 5.74) is 0.737. The number of nitrogens with zero attached hydrogens (tertiary/aromatic N) is 1. The van der Waals surface area contributed by atoms with Crippen molar-refractivity contribution in [1.82, 2.24) is 4.90 Å². The Labute approximate surface area is 173 Å². The fourth-order valence-corrected chi connectivity index (χ4v) is 4.15. The molecule has 2 N–H and O–H groups in total. The van der Waals surface area contributed by atoms with Crippen LogP contribution in [0.2, 0.25) is 5.02 Å². The Morgan fingerprint density at radius 3 is 2.93 bits per heavy atom. The van der Waals surface area contributed by atoms with Crippen LogP contribution in [0, 0.1) is 5.82 Å². The number of likely N-dealkylation sites (tertiary alicyclic amines) is 1. The van der Waals surface area contributed by atoms with Crippen molar-refractivity contribution in [3.8, 4) is 0 Å². The third-order valence-electron chi connectivity index (χ3n) is 4.51. The van der Waals surface area contributed by atoms with Crippen LogP contribution in [0.25, 0.3) is 0 Å². The van der Waals surface area contributed by atoms with Crippen LogP contribution in [-0.4, -0.2) is 57.2 Å². The van der Waals surface area contributed by atoms with Gasteiger partial charge >= 0.3 is 5.97 Å². The summed E-state index contributed by atoms with van der Waals surface area (Å²) in [6.45, 7) is 0.606. The number of thioether (sulfide) groups is 1. The zero-order valence-corrected chi connectivity index (χ0v) is 17.1. The Morgan fingerprint density at radius 2 is 2.21 bits per heavy atom. The zero-order chi connectivity index (χ0) is 20.5. The van der Waals surface area contributed by atoms with Gasteiger partial charge in [0.25, 0.3) is 0 Å². The number of hydrogen-bond acceptors (Lipinski definition) is 4. The lowest BCUT2D eigenvalue weighted by Gasteiger charge is -2.22. The Morgan fingerprint density at radius 1 is 1.43 bits per heavy atom. The monoisotopic (exact) mass is 429 g/mol. The first-order chi connectivity index (χ1) is 13.4. The minimum absolute atomic E-state index is 0.0297. The lowest BCUT2D eigenvalue weighted by molar-refractivity contribution is -0.137. The molecule has 1 aliphatic rings. The molecule has 1 saturated heterocycles. The average molecular weight is 430 g/mol. The summed E-state index contributed by atoms with van der Waals surface area (Å²) in [6.07, 6.45) is 5.09. The van der Waals surface area contributed by atoms with Crippen molar-refractivity contribution in [1.29, 1.82) is 0 Å². The molecule has 8 heteroatoms. The van der Waals surface area contributed by atoms with E-state index in [1.165, 1.54) is 12.1 Å². The van der Waals surface area contributed by atoms with Gasteiger partial charge in [-0.05, 0) is 36.3 Å². The predicted octanol–water partition coefficient (Wildman–Crippen LogP) is 3.53. The summed E-state index contributed by atoms with van der Waals surface area (Å²) in [7, 11) is 0. The normalized spacial score (nSPS) is 18.2. The molecule has 0 aliphatic carbocycles. The molecule has 0 spiro atoms. The highest BCUT2D eigenvalue weighted by molar-refractivity contribution is 7.99. The fraction of sp³-hybridized carbons (Fsp3) is 0.500. The summed E-state index contributed by atoms with van der Waals surface area (Å²) in [5.74, 6) is 0.332. The molecule has 2 atom stereocenters. The van der Waals surface area contributed by atoms with Gasteiger partial charge in [0.1, 0.15) is 5.82 Å². The third kappa shape index (κ3) is 7.45. The van der Waals surface area contributed by atoms with Crippen molar-refractivity contribution in [3.05, 3.63) is 46.8 Å². The van der Waals surface area contributed by atoms with Crippen LogP contribution >= 0.6 is 23.4 Å². The maximum absolute atomic E-state index is 13.2. The van der Waals surface area contributed by atoms with Gasteiger partial charge in [-0.1, -0.05) is 29.8 Å². The molecular formula is C20H25ClFNO4S. The van der Waals surface area contributed by atoms with Crippen LogP contribution < -0.4 is 0 Å². The molecule has 5 nitrogen and oxygen atoms in total. The van der Waals surface area contributed by atoms with Crippen LogP contribution in [-0.2, 0) is 16.0 Å². The first-order valence-electron chi connectivity index (χ1n) is 9.26. The quantitative estimate of drug-likeness (QED) is 0.415. The number of aliphatic carboxylic acids is 1. The van der Waals surface area contributed by atoms with Crippen molar-refractivity contribution >= 4 is 35.2 Å². The molecule has 2 rings (SSSR count). The van der Waals surface area contributed by atoms with Crippen LogP contribution in [0.1, 0.15) is 31.2 Å². The summed E-state index contributed by atoms with van der Waals surface area (Å²) in [6, 6.07) is 4.32. The molecule has 154 valence electrons. The Hall–Kier alpha value is -1.57. The molecular weight excluding hydrogens is 405 g/mol. The highest BCUT2D eigenvalue weighted by Crippen LogP contribution is 2.22. The smallest absolute Gasteiger partial charge is 0.303 e. The van der Waals surface area contributed by atoms with Gasteiger partial charge < -0.3 is 15.1 Å². The second kappa shape index (κ2) is 11.4. The van der Waals surface area contributed by atoms with Crippen molar-refractivity contribution in [2.75, 3.05) is 18.1 Å². The van der Waals surface area contributed by atoms with Gasteiger partial charge in [0.05, 0.1) is 17.2 Å². The molecule has 0 saturated carbocycles. The van der Waals surface area contributed by atoms with E-state index in [1.54, 1.807) is 23.9 Å². The van der Waals surface area contributed by atoms with Gasteiger partial charge in [0.15, 0.2) is 0 Å². The summed E-state index contributed by atoms with van der Waals surface area (Å²) >= 11 is 7.40. The fourth-order valence-electron chi connectivity index (χ4n) is 3.07. The van der Waals surface area contributed by atoms with Crippen LogP contribution in [0.5, 0.6) is 0 Å². The molecule has 0 aromatic heterocycles. The minimum atomic E-state index is -0.790. The number of benzene rings is 1. The highest BCUT2D eigenvalue weighted by atomic mass is 35.5. The van der Waals surface area contributed by atoms with Crippen LogP contribution in [0.15, 0.2) is 30.4 Å². The molecule has 1 heterocycles. The topological polar surface area (TPSA) is 77.8 Å². The predicted molar refractivity (Wildman–Crippen MR) is 109 cm³/mol. The molecule has 1 amide bonds. The number of halogens is 2. The number of aliphatic hydroxyl groups excluding tert-OH is 1. The number of hydrogen-bond donors (Lipinski definition) is 2. The minimum Gasteiger partial charge on any atom is -0.481 e. The maximum Gasteiger partial charge on any atom is 0.303 e. The molecule has 1 aliphatic heterocycles. The molecule has 1 aromatic rings. The first-order valence-corrected chi connectivity index (χ1v) is 10.8. The average Bonchev–Trinajstić information content (AvgIpc) is 2.99. The number of amides is 1. The van der Waals surface area contributed by atoms with Crippen molar-refractivity contribution in [2.24, 2.45) is 0 Å². The standard InChI is InChI=1S/C20H25ClFNO4S/c21-17-13-14(3-7-18(17)22)12-16(24)6-4-15-5-8-19(25)23(15)9-11-28-10-1-2-20(26)27/h3-4,6-7,13,15-16,24H,1-2,5,8-12H2,(H,26,27)/t15-,16+/m0/s1. The lowest BCUT2D eigenvalue weighted by atomic mass is 10.1. The number of carbonyl (C=O) groups excluding carboxylic acids is 1. The van der Waals surface area contributed by atoms with E-state index < -0.39 is 17.9 Å².